The Bertz CT molecular complexity index is 1130. The third-order valence-electron chi connectivity index (χ3n) is 4.89. The zero-order valence-electron chi connectivity index (χ0n) is 17.7. The lowest BCUT2D eigenvalue weighted by Crippen LogP contribution is -2.30. The predicted molar refractivity (Wildman–Crippen MR) is 122 cm³/mol. The second kappa shape index (κ2) is 9.86. The first kappa shape index (κ1) is 22.0. The van der Waals surface area contributed by atoms with E-state index in [1.165, 1.54) is 10.7 Å². The van der Waals surface area contributed by atoms with E-state index in [0.717, 1.165) is 5.56 Å². The molecular weight excluding hydrogens is 398 g/mol. The number of methoxy groups -OCH3 is 1. The van der Waals surface area contributed by atoms with Gasteiger partial charge in [0.15, 0.2) is 0 Å². The molecule has 0 aliphatic heterocycles. The van der Waals surface area contributed by atoms with Gasteiger partial charge in [0.25, 0.3) is 5.56 Å². The summed E-state index contributed by atoms with van der Waals surface area (Å²) < 4.78 is 6.50. The van der Waals surface area contributed by atoms with Crippen LogP contribution in [-0.4, -0.2) is 48.7 Å². The van der Waals surface area contributed by atoms with Crippen molar-refractivity contribution in [3.8, 4) is 22.7 Å². The number of hydrogen-bond acceptors (Lipinski definition) is 8. The van der Waals surface area contributed by atoms with Gasteiger partial charge in [0, 0.05) is 31.4 Å². The largest absolute Gasteiger partial charge is 0.497 e. The van der Waals surface area contributed by atoms with Crippen molar-refractivity contribution in [3.05, 3.63) is 63.8 Å². The number of aliphatic hydroxyl groups is 1. The zero-order valence-corrected chi connectivity index (χ0v) is 17.7. The molecule has 0 atom stereocenters. The zero-order chi connectivity index (χ0) is 22.4. The first-order chi connectivity index (χ1) is 15.0. The van der Waals surface area contributed by atoms with Gasteiger partial charge in [-0.1, -0.05) is 12.1 Å². The van der Waals surface area contributed by atoms with Crippen molar-refractivity contribution in [2.75, 3.05) is 44.1 Å². The molecule has 2 N–H and O–H groups in total. The van der Waals surface area contributed by atoms with Gasteiger partial charge in [-0.05, 0) is 48.5 Å². The second-order valence-corrected chi connectivity index (χ2v) is 6.82. The molecule has 0 saturated heterocycles. The molecule has 0 saturated carbocycles. The van der Waals surface area contributed by atoms with Gasteiger partial charge in [-0.2, -0.15) is 9.78 Å². The predicted octanol–water partition coefficient (Wildman–Crippen LogP) is 3.17. The number of nitrogens with one attached hydrogen (secondary N) is 1. The Morgan fingerprint density at radius 2 is 2.03 bits per heavy atom. The molecule has 0 radical (unpaired) electrons. The van der Waals surface area contributed by atoms with Crippen LogP contribution in [0.2, 0.25) is 0 Å². The number of ether oxygens (including phenoxy) is 1. The SMILES string of the molecule is CCN(C)c1cc(-c2cccc(OC)c2)nn(-c2cc(NCCO)ccc2N=O)c1=O. The summed E-state index contributed by atoms with van der Waals surface area (Å²) in [6, 6.07) is 13.9. The van der Waals surface area contributed by atoms with Crippen LogP contribution in [0.25, 0.3) is 16.9 Å². The topological polar surface area (TPSA) is 109 Å². The van der Waals surface area contributed by atoms with E-state index in [9.17, 15) is 9.70 Å². The van der Waals surface area contributed by atoms with Crippen LogP contribution in [0.5, 0.6) is 5.75 Å². The maximum absolute atomic E-state index is 13.3. The van der Waals surface area contributed by atoms with Crippen LogP contribution in [0.15, 0.2) is 58.5 Å². The van der Waals surface area contributed by atoms with Crippen molar-refractivity contribution >= 4 is 17.1 Å². The Balaban J connectivity index is 2.26. The number of anilines is 2. The number of aromatic nitrogens is 2. The summed E-state index contributed by atoms with van der Waals surface area (Å²) in [7, 11) is 3.39. The Kier molecular flexibility index (Phi) is 6.99. The van der Waals surface area contributed by atoms with E-state index in [4.69, 9.17) is 9.84 Å². The molecule has 3 rings (SSSR count). The van der Waals surface area contributed by atoms with E-state index >= 15 is 0 Å². The summed E-state index contributed by atoms with van der Waals surface area (Å²) in [5.74, 6) is 0.660. The average Bonchev–Trinajstić information content (AvgIpc) is 2.82. The molecule has 31 heavy (non-hydrogen) atoms. The molecule has 0 fully saturated rings. The number of rotatable bonds is 9. The fourth-order valence-corrected chi connectivity index (χ4v) is 3.09. The van der Waals surface area contributed by atoms with E-state index in [1.807, 2.05) is 43.1 Å². The molecule has 1 aromatic heterocycles. The van der Waals surface area contributed by atoms with Crippen LogP contribution < -0.4 is 20.5 Å². The standard InChI is InChI=1S/C22H25N5O4/c1-4-26(2)21-14-19(15-6-5-7-17(12-15)31-3)24-27(22(21)29)20-13-16(23-10-11-28)8-9-18(20)25-30/h5-9,12-14,23,28H,4,10-11H2,1-3H3. The lowest BCUT2D eigenvalue weighted by atomic mass is 10.1. The number of benzene rings is 2. The smallest absolute Gasteiger partial charge is 0.295 e. The normalized spacial score (nSPS) is 10.6. The Labute approximate surface area is 179 Å². The highest BCUT2D eigenvalue weighted by Crippen LogP contribution is 2.28. The first-order valence-electron chi connectivity index (χ1n) is 9.84. The fraction of sp³-hybridized carbons (Fsp3) is 0.273. The minimum absolute atomic E-state index is 0.0576. The third kappa shape index (κ3) is 4.72. The number of nitroso groups, excluding NO2 is 1. The minimum Gasteiger partial charge on any atom is -0.497 e. The van der Waals surface area contributed by atoms with Crippen molar-refractivity contribution < 1.29 is 9.84 Å². The molecule has 1 heterocycles. The third-order valence-corrected chi connectivity index (χ3v) is 4.89. The van der Waals surface area contributed by atoms with Crippen LogP contribution in [-0.2, 0) is 0 Å². The van der Waals surface area contributed by atoms with Crippen LogP contribution in [0.3, 0.4) is 0 Å². The number of nitrogens with zero attached hydrogens (tertiary/aromatic N) is 4. The van der Waals surface area contributed by atoms with E-state index in [2.05, 4.69) is 15.6 Å². The number of hydrogen-bond donors (Lipinski definition) is 2. The van der Waals surface area contributed by atoms with Crippen molar-refractivity contribution in [2.24, 2.45) is 5.18 Å². The monoisotopic (exact) mass is 423 g/mol. The lowest BCUT2D eigenvalue weighted by Gasteiger charge is -2.19. The van der Waals surface area contributed by atoms with Crippen LogP contribution in [0.1, 0.15) is 6.92 Å². The minimum atomic E-state index is -0.375. The van der Waals surface area contributed by atoms with E-state index < -0.39 is 0 Å². The van der Waals surface area contributed by atoms with Gasteiger partial charge in [-0.25, -0.2) is 0 Å². The van der Waals surface area contributed by atoms with Crippen molar-refractivity contribution in [1.82, 2.24) is 9.78 Å². The fourth-order valence-electron chi connectivity index (χ4n) is 3.09. The van der Waals surface area contributed by atoms with Gasteiger partial charge in [0.1, 0.15) is 22.8 Å². The maximum Gasteiger partial charge on any atom is 0.295 e. The van der Waals surface area contributed by atoms with E-state index in [1.54, 1.807) is 25.3 Å². The molecule has 9 heteroatoms. The summed E-state index contributed by atoms with van der Waals surface area (Å²) in [5.41, 5.74) is 2.31. The highest BCUT2D eigenvalue weighted by atomic mass is 16.5. The lowest BCUT2D eigenvalue weighted by molar-refractivity contribution is 0.311. The average molecular weight is 423 g/mol. The molecule has 162 valence electrons. The molecule has 0 unspecified atom stereocenters. The quantitative estimate of drug-likeness (QED) is 0.509. The molecular formula is C22H25N5O4. The van der Waals surface area contributed by atoms with Crippen molar-refractivity contribution in [3.63, 3.8) is 0 Å². The molecule has 0 aliphatic rings. The van der Waals surface area contributed by atoms with Gasteiger partial charge in [-0.3, -0.25) is 4.79 Å². The van der Waals surface area contributed by atoms with Gasteiger partial charge in [0.05, 0.1) is 19.4 Å². The highest BCUT2D eigenvalue weighted by Gasteiger charge is 2.17. The van der Waals surface area contributed by atoms with Crippen LogP contribution in [0, 0.1) is 4.91 Å². The molecule has 9 nitrogen and oxygen atoms in total. The summed E-state index contributed by atoms with van der Waals surface area (Å²) in [6.45, 7) is 2.81. The summed E-state index contributed by atoms with van der Waals surface area (Å²) in [6.07, 6.45) is 0. The van der Waals surface area contributed by atoms with Crippen LogP contribution >= 0.6 is 0 Å². The van der Waals surface area contributed by atoms with Crippen molar-refractivity contribution in [1.29, 1.82) is 0 Å². The maximum atomic E-state index is 13.3. The Hall–Kier alpha value is -3.72. The number of aliphatic hydroxyl groups excluding tert-OH is 1. The first-order valence-corrected chi connectivity index (χ1v) is 9.84. The van der Waals surface area contributed by atoms with Gasteiger partial charge < -0.3 is 20.1 Å². The van der Waals surface area contributed by atoms with Gasteiger partial charge >= 0.3 is 0 Å². The van der Waals surface area contributed by atoms with E-state index in [-0.39, 0.29) is 23.5 Å². The highest BCUT2D eigenvalue weighted by molar-refractivity contribution is 5.68. The summed E-state index contributed by atoms with van der Waals surface area (Å²) in [4.78, 5) is 26.6. The van der Waals surface area contributed by atoms with Crippen molar-refractivity contribution in [2.45, 2.75) is 6.92 Å². The molecule has 0 bridgehead atoms. The summed E-state index contributed by atoms with van der Waals surface area (Å²) >= 11 is 0. The molecule has 2 aromatic carbocycles. The van der Waals surface area contributed by atoms with Gasteiger partial charge in [0.2, 0.25) is 0 Å². The Morgan fingerprint density at radius 3 is 2.71 bits per heavy atom. The summed E-state index contributed by atoms with van der Waals surface area (Å²) in [5, 5.41) is 19.7. The molecule has 0 spiro atoms. The van der Waals surface area contributed by atoms with E-state index in [0.29, 0.717) is 35.9 Å². The molecule has 3 aromatic rings. The van der Waals surface area contributed by atoms with Gasteiger partial charge in [-0.15, -0.1) is 4.91 Å². The molecule has 0 aliphatic carbocycles. The molecule has 0 amide bonds. The Morgan fingerprint density at radius 1 is 1.23 bits per heavy atom. The second-order valence-electron chi connectivity index (χ2n) is 6.82. The van der Waals surface area contributed by atoms with Crippen LogP contribution in [0.4, 0.5) is 17.1 Å².